The Balaban J connectivity index is 0.00000256. The number of amides is 1. The molecular weight excluding hydrogens is 406 g/mol. The van der Waals surface area contributed by atoms with Crippen LogP contribution >= 0.6 is 12.4 Å². The van der Waals surface area contributed by atoms with Gasteiger partial charge in [-0.3, -0.25) is 4.79 Å². The van der Waals surface area contributed by atoms with Crippen LogP contribution in [0.25, 0.3) is 10.9 Å². The van der Waals surface area contributed by atoms with Gasteiger partial charge in [0.1, 0.15) is 5.82 Å². The number of nitrogens with zero attached hydrogens (tertiary/aromatic N) is 4. The number of ether oxygens (including phenoxy) is 2. The molecule has 2 heterocycles. The maximum atomic E-state index is 12.6. The molecule has 0 atom stereocenters. The molecule has 1 saturated heterocycles. The van der Waals surface area contributed by atoms with Crippen LogP contribution in [-0.4, -0.2) is 61.2 Å². The number of rotatable bonds is 4. The average molecular weight is 430 g/mol. The topological polar surface area (TPSA) is 93.8 Å². The molecule has 1 aromatic heterocycles. The molecule has 0 spiro atoms. The summed E-state index contributed by atoms with van der Waals surface area (Å²) in [6, 6.07) is 12.9. The smallest absolute Gasteiger partial charge is 0.253 e. The molecule has 30 heavy (non-hydrogen) atoms. The molecule has 1 fully saturated rings. The van der Waals surface area contributed by atoms with Gasteiger partial charge in [0.25, 0.3) is 5.91 Å². The van der Waals surface area contributed by atoms with Crippen LogP contribution in [0.5, 0.6) is 11.5 Å². The number of hydrogen-bond acceptors (Lipinski definition) is 7. The van der Waals surface area contributed by atoms with Gasteiger partial charge >= 0.3 is 0 Å². The van der Waals surface area contributed by atoms with Crippen molar-refractivity contribution >= 4 is 41.0 Å². The quantitative estimate of drug-likeness (QED) is 0.681. The molecule has 0 radical (unpaired) electrons. The van der Waals surface area contributed by atoms with Crippen LogP contribution in [0.3, 0.4) is 0 Å². The van der Waals surface area contributed by atoms with Crippen molar-refractivity contribution in [2.45, 2.75) is 0 Å². The maximum absolute atomic E-state index is 12.6. The van der Waals surface area contributed by atoms with Crippen LogP contribution in [0.2, 0.25) is 0 Å². The first kappa shape index (κ1) is 21.4. The number of anilines is 2. The summed E-state index contributed by atoms with van der Waals surface area (Å²) in [5.74, 6) is 2.14. The van der Waals surface area contributed by atoms with Gasteiger partial charge in [-0.15, -0.1) is 12.4 Å². The van der Waals surface area contributed by atoms with Gasteiger partial charge in [-0.25, -0.2) is 4.98 Å². The highest BCUT2D eigenvalue weighted by molar-refractivity contribution is 5.94. The number of carbonyl (C=O) groups excluding carboxylic acids is 1. The van der Waals surface area contributed by atoms with Gasteiger partial charge in [0, 0.05) is 43.2 Å². The first-order valence-corrected chi connectivity index (χ1v) is 9.39. The SMILES string of the molecule is COc1cc2nc(N3CCN(C(=O)c4ccccc4)CC3)nc(N)c2cc1OC.Cl. The van der Waals surface area contributed by atoms with Gasteiger partial charge in [-0.2, -0.15) is 4.98 Å². The van der Waals surface area contributed by atoms with Gasteiger partial charge in [-0.1, -0.05) is 18.2 Å². The Hall–Kier alpha value is -3.26. The highest BCUT2D eigenvalue weighted by Gasteiger charge is 2.24. The van der Waals surface area contributed by atoms with Crippen molar-refractivity contribution < 1.29 is 14.3 Å². The molecule has 2 aromatic carbocycles. The lowest BCUT2D eigenvalue weighted by molar-refractivity contribution is 0.0746. The molecule has 9 heteroatoms. The third-order valence-corrected chi connectivity index (χ3v) is 5.09. The molecule has 0 aliphatic carbocycles. The summed E-state index contributed by atoms with van der Waals surface area (Å²) in [5, 5.41) is 0.712. The highest BCUT2D eigenvalue weighted by atomic mass is 35.5. The molecule has 8 nitrogen and oxygen atoms in total. The average Bonchev–Trinajstić information content (AvgIpc) is 2.78. The molecule has 1 aliphatic heterocycles. The summed E-state index contributed by atoms with van der Waals surface area (Å²) in [7, 11) is 3.16. The van der Waals surface area contributed by atoms with E-state index in [2.05, 4.69) is 9.97 Å². The number of benzene rings is 2. The lowest BCUT2D eigenvalue weighted by Crippen LogP contribution is -2.49. The molecular formula is C21H24ClN5O3. The molecule has 1 amide bonds. The molecule has 3 aromatic rings. The second kappa shape index (κ2) is 9.04. The number of fused-ring (bicyclic) bond motifs is 1. The highest BCUT2D eigenvalue weighted by Crippen LogP contribution is 2.34. The fourth-order valence-electron chi connectivity index (χ4n) is 3.48. The molecule has 2 N–H and O–H groups in total. The summed E-state index contributed by atoms with van der Waals surface area (Å²) in [4.78, 5) is 25.7. The van der Waals surface area contributed by atoms with Gasteiger partial charge in [-0.05, 0) is 18.2 Å². The van der Waals surface area contributed by atoms with Gasteiger partial charge in [0.05, 0.1) is 19.7 Å². The summed E-state index contributed by atoms with van der Waals surface area (Å²) >= 11 is 0. The second-order valence-electron chi connectivity index (χ2n) is 6.78. The van der Waals surface area contributed by atoms with E-state index >= 15 is 0 Å². The first-order chi connectivity index (χ1) is 14.1. The van der Waals surface area contributed by atoms with Crippen molar-refractivity contribution in [2.75, 3.05) is 51.0 Å². The van der Waals surface area contributed by atoms with Crippen LogP contribution in [0.1, 0.15) is 10.4 Å². The van der Waals surface area contributed by atoms with Crippen LogP contribution in [-0.2, 0) is 0 Å². The van der Waals surface area contributed by atoms with Crippen LogP contribution < -0.4 is 20.1 Å². The van der Waals surface area contributed by atoms with Gasteiger partial charge in [0.15, 0.2) is 11.5 Å². The minimum Gasteiger partial charge on any atom is -0.493 e. The van der Waals surface area contributed by atoms with Crippen molar-refractivity contribution in [3.8, 4) is 11.5 Å². The van der Waals surface area contributed by atoms with Gasteiger partial charge in [0.2, 0.25) is 5.95 Å². The summed E-state index contributed by atoms with van der Waals surface area (Å²) < 4.78 is 10.7. The minimum absolute atomic E-state index is 0. The predicted octanol–water partition coefficient (Wildman–Crippen LogP) is 2.61. The van der Waals surface area contributed by atoms with Crippen LogP contribution in [0.15, 0.2) is 42.5 Å². The van der Waals surface area contributed by atoms with E-state index in [1.165, 1.54) is 0 Å². The van der Waals surface area contributed by atoms with Crippen molar-refractivity contribution in [1.29, 1.82) is 0 Å². The normalized spacial score (nSPS) is 13.7. The molecule has 1 aliphatic rings. The van der Waals surface area contributed by atoms with Gasteiger partial charge < -0.3 is 25.0 Å². The Morgan fingerprint density at radius 2 is 1.60 bits per heavy atom. The third kappa shape index (κ3) is 4.04. The zero-order chi connectivity index (χ0) is 20.4. The molecule has 0 bridgehead atoms. The fourth-order valence-corrected chi connectivity index (χ4v) is 3.48. The van der Waals surface area contributed by atoms with Crippen molar-refractivity contribution in [3.63, 3.8) is 0 Å². The third-order valence-electron chi connectivity index (χ3n) is 5.09. The maximum Gasteiger partial charge on any atom is 0.253 e. The predicted molar refractivity (Wildman–Crippen MR) is 119 cm³/mol. The molecule has 0 saturated carbocycles. The second-order valence-corrected chi connectivity index (χ2v) is 6.78. The lowest BCUT2D eigenvalue weighted by atomic mass is 10.2. The Kier molecular flexibility index (Phi) is 6.47. The van der Waals surface area contributed by atoms with E-state index in [4.69, 9.17) is 15.2 Å². The Labute approximate surface area is 181 Å². The number of halogens is 1. The minimum atomic E-state index is 0. The number of carbonyl (C=O) groups is 1. The number of methoxy groups -OCH3 is 2. The number of hydrogen-bond donors (Lipinski definition) is 1. The summed E-state index contributed by atoms with van der Waals surface area (Å²) in [6.45, 7) is 2.47. The zero-order valence-corrected chi connectivity index (χ0v) is 17.7. The largest absolute Gasteiger partial charge is 0.493 e. The number of nitrogens with two attached hydrogens (primary N) is 1. The summed E-state index contributed by atoms with van der Waals surface area (Å²) in [5.41, 5.74) is 7.58. The van der Waals surface area contributed by atoms with E-state index in [0.29, 0.717) is 65.9 Å². The van der Waals surface area contributed by atoms with Crippen molar-refractivity contribution in [3.05, 3.63) is 48.0 Å². The van der Waals surface area contributed by atoms with E-state index in [1.54, 1.807) is 26.4 Å². The Morgan fingerprint density at radius 3 is 2.23 bits per heavy atom. The van der Waals surface area contributed by atoms with Crippen molar-refractivity contribution in [1.82, 2.24) is 14.9 Å². The molecule has 4 rings (SSSR count). The fraction of sp³-hybridized carbons (Fsp3) is 0.286. The lowest BCUT2D eigenvalue weighted by Gasteiger charge is -2.35. The molecule has 0 unspecified atom stereocenters. The Bertz CT molecular complexity index is 1040. The monoisotopic (exact) mass is 429 g/mol. The molecule has 158 valence electrons. The Morgan fingerprint density at radius 1 is 0.967 bits per heavy atom. The number of nitrogen functional groups attached to an aromatic ring is 1. The van der Waals surface area contributed by atoms with E-state index < -0.39 is 0 Å². The van der Waals surface area contributed by atoms with E-state index in [1.807, 2.05) is 40.1 Å². The van der Waals surface area contributed by atoms with E-state index in [9.17, 15) is 4.79 Å². The van der Waals surface area contributed by atoms with Crippen molar-refractivity contribution in [2.24, 2.45) is 0 Å². The standard InChI is InChI=1S/C21H23N5O3.ClH/c1-28-17-12-15-16(13-18(17)29-2)23-21(24-19(15)22)26-10-8-25(9-11-26)20(27)14-6-4-3-5-7-14;/h3-7,12-13H,8-11H2,1-2H3,(H2,22,23,24);1H. The van der Waals surface area contributed by atoms with Crippen LogP contribution in [0.4, 0.5) is 11.8 Å². The first-order valence-electron chi connectivity index (χ1n) is 9.39. The van der Waals surface area contributed by atoms with Crippen LogP contribution in [0, 0.1) is 0 Å². The number of aromatic nitrogens is 2. The summed E-state index contributed by atoms with van der Waals surface area (Å²) in [6.07, 6.45) is 0. The van der Waals surface area contributed by atoms with E-state index in [-0.39, 0.29) is 18.3 Å². The number of piperazine rings is 1. The zero-order valence-electron chi connectivity index (χ0n) is 16.9. The van der Waals surface area contributed by atoms with E-state index in [0.717, 1.165) is 0 Å².